The van der Waals surface area contributed by atoms with Gasteiger partial charge in [0.05, 0.1) is 24.5 Å². The van der Waals surface area contributed by atoms with E-state index in [0.29, 0.717) is 38.3 Å². The van der Waals surface area contributed by atoms with Gasteiger partial charge in [-0.05, 0) is 33.0 Å². The number of hydrogen-bond donors (Lipinski definition) is 1. The molecule has 138 valence electrons. The lowest BCUT2D eigenvalue weighted by atomic mass is 10.2. The topological polar surface area (TPSA) is 81.9 Å². The highest BCUT2D eigenvalue weighted by atomic mass is 16.3. The molecule has 0 aliphatic carbocycles. The van der Waals surface area contributed by atoms with Crippen molar-refractivity contribution in [1.29, 1.82) is 0 Å². The molecular formula is C17H27N5O3. The number of likely N-dealkylation sites (N-methyl/N-ethyl adjacent to an activating group) is 1. The van der Waals surface area contributed by atoms with Crippen LogP contribution >= 0.6 is 0 Å². The van der Waals surface area contributed by atoms with E-state index in [4.69, 9.17) is 0 Å². The Balaban J connectivity index is 1.67. The van der Waals surface area contributed by atoms with Gasteiger partial charge in [0.15, 0.2) is 0 Å². The highest BCUT2D eigenvalue weighted by Crippen LogP contribution is 2.19. The fourth-order valence-corrected chi connectivity index (χ4v) is 3.43. The molecule has 8 heteroatoms. The molecule has 2 aliphatic heterocycles. The van der Waals surface area contributed by atoms with Gasteiger partial charge in [0.1, 0.15) is 6.10 Å². The van der Waals surface area contributed by atoms with Crippen molar-refractivity contribution in [3.05, 3.63) is 17.5 Å². The molecule has 0 spiro atoms. The van der Waals surface area contributed by atoms with E-state index in [0.717, 1.165) is 25.1 Å². The van der Waals surface area contributed by atoms with Crippen LogP contribution in [-0.2, 0) is 22.7 Å². The summed E-state index contributed by atoms with van der Waals surface area (Å²) in [4.78, 5) is 29.7. The quantitative estimate of drug-likeness (QED) is 0.798. The van der Waals surface area contributed by atoms with E-state index in [9.17, 15) is 14.7 Å². The zero-order valence-electron chi connectivity index (χ0n) is 15.0. The van der Waals surface area contributed by atoms with Gasteiger partial charge in [-0.1, -0.05) is 0 Å². The Kier molecular flexibility index (Phi) is 5.39. The lowest BCUT2D eigenvalue weighted by Crippen LogP contribution is -2.40. The van der Waals surface area contributed by atoms with Gasteiger partial charge in [-0.2, -0.15) is 5.10 Å². The number of aliphatic hydroxyl groups is 1. The molecule has 1 aromatic rings. The third kappa shape index (κ3) is 4.19. The van der Waals surface area contributed by atoms with Gasteiger partial charge in [0.2, 0.25) is 11.8 Å². The molecule has 1 saturated heterocycles. The molecule has 3 rings (SSSR count). The predicted molar refractivity (Wildman–Crippen MR) is 91.6 cm³/mol. The Morgan fingerprint density at radius 3 is 2.80 bits per heavy atom. The molecule has 0 aromatic carbocycles. The van der Waals surface area contributed by atoms with Crippen LogP contribution in [0.4, 0.5) is 0 Å². The number of amides is 2. The molecule has 2 amide bonds. The van der Waals surface area contributed by atoms with E-state index in [1.807, 2.05) is 29.7 Å². The zero-order valence-corrected chi connectivity index (χ0v) is 15.0. The molecule has 0 bridgehead atoms. The number of nitrogens with zero attached hydrogens (tertiary/aromatic N) is 5. The lowest BCUT2D eigenvalue weighted by Gasteiger charge is -2.23. The lowest BCUT2D eigenvalue weighted by molar-refractivity contribution is -0.138. The maximum Gasteiger partial charge on any atom is 0.242 e. The minimum Gasteiger partial charge on any atom is -0.385 e. The second-order valence-corrected chi connectivity index (χ2v) is 7.15. The Morgan fingerprint density at radius 2 is 2.12 bits per heavy atom. The Morgan fingerprint density at radius 1 is 1.32 bits per heavy atom. The summed E-state index contributed by atoms with van der Waals surface area (Å²) in [7, 11) is 3.81. The van der Waals surface area contributed by atoms with E-state index in [2.05, 4.69) is 5.10 Å². The molecule has 0 unspecified atom stereocenters. The van der Waals surface area contributed by atoms with Gasteiger partial charge >= 0.3 is 0 Å². The molecule has 1 aromatic heterocycles. The minimum atomic E-state index is -0.638. The zero-order chi connectivity index (χ0) is 18.0. The minimum absolute atomic E-state index is 0.0136. The van der Waals surface area contributed by atoms with Crippen LogP contribution in [0.2, 0.25) is 0 Å². The summed E-state index contributed by atoms with van der Waals surface area (Å²) < 4.78 is 1.89. The first-order valence-electron chi connectivity index (χ1n) is 8.89. The van der Waals surface area contributed by atoms with Crippen LogP contribution in [0.1, 0.15) is 36.8 Å². The van der Waals surface area contributed by atoms with Crippen LogP contribution in [0.3, 0.4) is 0 Å². The smallest absolute Gasteiger partial charge is 0.242 e. The number of fused-ring (bicyclic) bond motifs is 1. The van der Waals surface area contributed by atoms with Crippen molar-refractivity contribution in [2.24, 2.45) is 0 Å². The monoisotopic (exact) mass is 349 g/mol. The second kappa shape index (κ2) is 7.53. The van der Waals surface area contributed by atoms with Crippen molar-refractivity contribution >= 4 is 11.8 Å². The second-order valence-electron chi connectivity index (χ2n) is 7.15. The number of aliphatic hydroxyl groups excluding tert-OH is 1. The van der Waals surface area contributed by atoms with E-state index in [-0.39, 0.29) is 18.4 Å². The molecular weight excluding hydrogens is 322 g/mol. The van der Waals surface area contributed by atoms with Gasteiger partial charge in [-0.3, -0.25) is 14.3 Å². The number of likely N-dealkylation sites (tertiary alicyclic amines) is 1. The van der Waals surface area contributed by atoms with Gasteiger partial charge in [0, 0.05) is 32.6 Å². The van der Waals surface area contributed by atoms with Crippen molar-refractivity contribution in [2.45, 2.75) is 38.5 Å². The van der Waals surface area contributed by atoms with Crippen LogP contribution in [-0.4, -0.2) is 81.7 Å². The molecule has 1 atom stereocenters. The Labute approximate surface area is 148 Å². The molecule has 8 nitrogen and oxygen atoms in total. The summed E-state index contributed by atoms with van der Waals surface area (Å²) in [5, 5.41) is 14.8. The number of aryl methyl sites for hydroxylation is 1. The van der Waals surface area contributed by atoms with Crippen molar-refractivity contribution in [3.8, 4) is 0 Å². The third-order valence-corrected chi connectivity index (χ3v) is 4.76. The highest BCUT2D eigenvalue weighted by molar-refractivity contribution is 5.85. The first-order valence-corrected chi connectivity index (χ1v) is 8.89. The van der Waals surface area contributed by atoms with Gasteiger partial charge < -0.3 is 19.8 Å². The Bertz CT molecular complexity index is 642. The van der Waals surface area contributed by atoms with E-state index in [1.165, 1.54) is 0 Å². The average molecular weight is 349 g/mol. The number of aromatic nitrogens is 2. The molecule has 25 heavy (non-hydrogen) atoms. The molecule has 1 N–H and O–H groups in total. The van der Waals surface area contributed by atoms with Gasteiger partial charge in [0.25, 0.3) is 0 Å². The summed E-state index contributed by atoms with van der Waals surface area (Å²) in [5.74, 6) is 0.0580. The maximum absolute atomic E-state index is 12.6. The number of rotatable bonds is 5. The van der Waals surface area contributed by atoms with Crippen molar-refractivity contribution < 1.29 is 14.7 Å². The van der Waals surface area contributed by atoms with Crippen LogP contribution < -0.4 is 0 Å². The predicted octanol–water partition coefficient (Wildman–Crippen LogP) is -0.167. The fraction of sp³-hybridized carbons (Fsp3) is 0.706. The van der Waals surface area contributed by atoms with Crippen LogP contribution in [0, 0.1) is 0 Å². The molecule has 3 heterocycles. The fourth-order valence-electron chi connectivity index (χ4n) is 3.43. The average Bonchev–Trinajstić information content (AvgIpc) is 3.07. The standard InChI is InChI=1S/C17H27N5O3/c1-19(2)11-15(23)14-9-13-10-20(7-4-8-22(13)18-14)17(25)12-21-6-3-5-16(21)24/h9,15,23H,3-8,10-12H2,1-2H3/t15-/m1/s1. The molecule has 0 saturated carbocycles. The Hall–Kier alpha value is -1.93. The highest BCUT2D eigenvalue weighted by Gasteiger charge is 2.27. The number of carbonyl (C=O) groups is 2. The summed E-state index contributed by atoms with van der Waals surface area (Å²) in [6, 6.07) is 1.89. The van der Waals surface area contributed by atoms with Gasteiger partial charge in [-0.25, -0.2) is 0 Å². The number of carbonyl (C=O) groups excluding carboxylic acids is 2. The SMILES string of the molecule is CN(C)C[C@@H](O)c1cc2n(n1)CCCN(C(=O)CN1CCCC1=O)C2. The summed E-state index contributed by atoms with van der Waals surface area (Å²) in [5.41, 5.74) is 1.58. The van der Waals surface area contributed by atoms with E-state index in [1.54, 1.807) is 9.80 Å². The summed E-state index contributed by atoms with van der Waals surface area (Å²) in [6.45, 7) is 3.23. The van der Waals surface area contributed by atoms with Crippen LogP contribution in [0.5, 0.6) is 0 Å². The maximum atomic E-state index is 12.6. The van der Waals surface area contributed by atoms with E-state index >= 15 is 0 Å². The van der Waals surface area contributed by atoms with Crippen LogP contribution in [0.25, 0.3) is 0 Å². The normalized spacial score (nSPS) is 19.3. The van der Waals surface area contributed by atoms with Crippen molar-refractivity contribution in [2.75, 3.05) is 40.3 Å². The molecule has 0 radical (unpaired) electrons. The summed E-state index contributed by atoms with van der Waals surface area (Å²) >= 11 is 0. The van der Waals surface area contributed by atoms with E-state index < -0.39 is 6.10 Å². The molecule has 1 fully saturated rings. The van der Waals surface area contributed by atoms with Crippen LogP contribution in [0.15, 0.2) is 6.07 Å². The van der Waals surface area contributed by atoms with Crippen molar-refractivity contribution in [1.82, 2.24) is 24.5 Å². The van der Waals surface area contributed by atoms with Crippen molar-refractivity contribution in [3.63, 3.8) is 0 Å². The molecule has 2 aliphatic rings. The summed E-state index contributed by atoms with van der Waals surface area (Å²) in [6.07, 6.45) is 1.57. The largest absolute Gasteiger partial charge is 0.385 e. The van der Waals surface area contributed by atoms with Gasteiger partial charge in [-0.15, -0.1) is 0 Å². The number of hydrogen-bond acceptors (Lipinski definition) is 5. The third-order valence-electron chi connectivity index (χ3n) is 4.76. The first-order chi connectivity index (χ1) is 11.9. The first kappa shape index (κ1) is 17.9.